The van der Waals surface area contributed by atoms with E-state index < -0.39 is 5.41 Å². The number of likely N-dealkylation sites (tertiary alicyclic amines) is 1. The third kappa shape index (κ3) is 4.92. The molecule has 3 nitrogen and oxygen atoms in total. The van der Waals surface area contributed by atoms with E-state index in [0.29, 0.717) is 5.92 Å². The average Bonchev–Trinajstić information content (AvgIpc) is 2.53. The lowest BCUT2D eigenvalue weighted by atomic mass is 9.82. The number of rotatable bonds is 5. The average molecular weight is 343 g/mol. The van der Waals surface area contributed by atoms with Gasteiger partial charge in [0.05, 0.1) is 5.41 Å². The molecule has 0 saturated carbocycles. The molecule has 0 aromatic heterocycles. The number of carbonyl (C=O) groups is 1. The Morgan fingerprint density at radius 1 is 1.26 bits per heavy atom. The number of carbonyl (C=O) groups excluding carboxylic acids is 1. The van der Waals surface area contributed by atoms with Crippen molar-refractivity contribution < 1.29 is 9.18 Å². The molecule has 23 heavy (non-hydrogen) atoms. The summed E-state index contributed by atoms with van der Waals surface area (Å²) in [6.07, 6.45) is 2.11. The molecule has 0 spiro atoms. The summed E-state index contributed by atoms with van der Waals surface area (Å²) in [6, 6.07) is 6.27. The first-order chi connectivity index (χ1) is 10.4. The number of benzene rings is 1. The highest BCUT2D eigenvalue weighted by Gasteiger charge is 2.35. The van der Waals surface area contributed by atoms with Crippen molar-refractivity contribution in [2.24, 2.45) is 5.92 Å². The molecule has 5 heteroatoms. The van der Waals surface area contributed by atoms with Gasteiger partial charge in [-0.15, -0.1) is 12.4 Å². The van der Waals surface area contributed by atoms with Gasteiger partial charge in [0, 0.05) is 13.1 Å². The molecule has 1 amide bonds. The van der Waals surface area contributed by atoms with Crippen LogP contribution in [0.4, 0.5) is 4.39 Å². The van der Waals surface area contributed by atoms with Gasteiger partial charge in [-0.25, -0.2) is 4.39 Å². The number of nitrogens with one attached hydrogen (secondary N) is 1. The predicted molar refractivity (Wildman–Crippen MR) is 94.5 cm³/mol. The quantitative estimate of drug-likeness (QED) is 0.889. The van der Waals surface area contributed by atoms with E-state index in [1.807, 2.05) is 18.7 Å². The maximum atomic E-state index is 13.1. The van der Waals surface area contributed by atoms with E-state index in [-0.39, 0.29) is 24.1 Å². The van der Waals surface area contributed by atoms with Gasteiger partial charge in [-0.2, -0.15) is 0 Å². The molecule has 1 heterocycles. The van der Waals surface area contributed by atoms with Crippen LogP contribution in [0, 0.1) is 11.7 Å². The van der Waals surface area contributed by atoms with Crippen LogP contribution in [-0.2, 0) is 10.2 Å². The summed E-state index contributed by atoms with van der Waals surface area (Å²) >= 11 is 0. The minimum absolute atomic E-state index is 0. The maximum absolute atomic E-state index is 13.1. The van der Waals surface area contributed by atoms with E-state index in [1.165, 1.54) is 12.1 Å². The summed E-state index contributed by atoms with van der Waals surface area (Å²) in [5.74, 6) is 0.537. The molecule has 1 saturated heterocycles. The van der Waals surface area contributed by atoms with Crippen LogP contribution in [0.2, 0.25) is 0 Å². The van der Waals surface area contributed by atoms with Crippen molar-refractivity contribution in [2.45, 2.75) is 39.0 Å². The summed E-state index contributed by atoms with van der Waals surface area (Å²) in [5, 5.41) is 3.38. The number of hydrogen-bond acceptors (Lipinski definition) is 2. The van der Waals surface area contributed by atoms with Crippen molar-refractivity contribution in [3.05, 3.63) is 35.6 Å². The first-order valence-electron chi connectivity index (χ1n) is 8.21. The van der Waals surface area contributed by atoms with Gasteiger partial charge in [-0.3, -0.25) is 4.79 Å². The van der Waals surface area contributed by atoms with Crippen LogP contribution in [0.5, 0.6) is 0 Å². The SMILES string of the molecule is CCNCC1CCN(C(=O)C(C)(C)c2ccc(F)cc2)CC1.Cl. The van der Waals surface area contributed by atoms with Gasteiger partial charge in [0.1, 0.15) is 5.82 Å². The first-order valence-corrected chi connectivity index (χ1v) is 8.21. The predicted octanol–water partition coefficient (Wildman–Crippen LogP) is 3.37. The van der Waals surface area contributed by atoms with E-state index in [2.05, 4.69) is 12.2 Å². The number of nitrogens with zero attached hydrogens (tertiary/aromatic N) is 1. The molecular weight excluding hydrogens is 315 g/mol. The van der Waals surface area contributed by atoms with Crippen LogP contribution in [0.3, 0.4) is 0 Å². The summed E-state index contributed by atoms with van der Waals surface area (Å²) in [5.41, 5.74) is 0.260. The molecule has 1 fully saturated rings. The summed E-state index contributed by atoms with van der Waals surface area (Å²) in [6.45, 7) is 9.64. The van der Waals surface area contributed by atoms with Gasteiger partial charge in [0.15, 0.2) is 0 Å². The number of hydrogen-bond donors (Lipinski definition) is 1. The molecule has 1 aliphatic heterocycles. The normalized spacial score (nSPS) is 16.1. The molecule has 2 rings (SSSR count). The van der Waals surface area contributed by atoms with Crippen LogP contribution in [0.1, 0.15) is 39.2 Å². The third-order valence-electron chi connectivity index (χ3n) is 4.69. The van der Waals surface area contributed by atoms with Gasteiger partial charge in [-0.1, -0.05) is 19.1 Å². The Labute approximate surface area is 145 Å². The molecule has 0 bridgehead atoms. The minimum Gasteiger partial charge on any atom is -0.342 e. The second-order valence-electron chi connectivity index (χ2n) is 6.68. The molecule has 1 N–H and O–H groups in total. The molecule has 0 unspecified atom stereocenters. The van der Waals surface area contributed by atoms with Gasteiger partial charge in [0.2, 0.25) is 5.91 Å². The fraction of sp³-hybridized carbons (Fsp3) is 0.611. The Balaban J connectivity index is 0.00000264. The Morgan fingerprint density at radius 2 is 1.83 bits per heavy atom. The van der Waals surface area contributed by atoms with E-state index in [1.54, 1.807) is 12.1 Å². The molecule has 1 aromatic rings. The number of amides is 1. The highest BCUT2D eigenvalue weighted by molar-refractivity contribution is 5.87. The van der Waals surface area contributed by atoms with Gasteiger partial charge in [-0.05, 0) is 63.4 Å². The smallest absolute Gasteiger partial charge is 0.232 e. The highest BCUT2D eigenvalue weighted by Crippen LogP contribution is 2.28. The fourth-order valence-electron chi connectivity index (χ4n) is 3.07. The summed E-state index contributed by atoms with van der Waals surface area (Å²) < 4.78 is 13.1. The highest BCUT2D eigenvalue weighted by atomic mass is 35.5. The second kappa shape index (κ2) is 8.65. The number of halogens is 2. The second-order valence-corrected chi connectivity index (χ2v) is 6.68. The Morgan fingerprint density at radius 3 is 2.35 bits per heavy atom. The topological polar surface area (TPSA) is 32.3 Å². The monoisotopic (exact) mass is 342 g/mol. The van der Waals surface area contributed by atoms with Crippen LogP contribution in [0.15, 0.2) is 24.3 Å². The van der Waals surface area contributed by atoms with Crippen LogP contribution < -0.4 is 5.32 Å². The largest absolute Gasteiger partial charge is 0.342 e. The third-order valence-corrected chi connectivity index (χ3v) is 4.69. The van der Waals surface area contributed by atoms with Gasteiger partial charge >= 0.3 is 0 Å². The lowest BCUT2D eigenvalue weighted by Crippen LogP contribution is -2.47. The molecular formula is C18H28ClFN2O. The van der Waals surface area contributed by atoms with Crippen LogP contribution in [-0.4, -0.2) is 37.0 Å². The maximum Gasteiger partial charge on any atom is 0.232 e. The van der Waals surface area contributed by atoms with E-state index in [4.69, 9.17) is 0 Å². The molecule has 0 radical (unpaired) electrons. The van der Waals surface area contributed by atoms with Crippen molar-refractivity contribution in [1.29, 1.82) is 0 Å². The first kappa shape index (κ1) is 19.9. The van der Waals surface area contributed by atoms with Crippen molar-refractivity contribution in [3.8, 4) is 0 Å². The van der Waals surface area contributed by atoms with E-state index in [0.717, 1.165) is 44.6 Å². The molecule has 1 aromatic carbocycles. The summed E-state index contributed by atoms with van der Waals surface area (Å²) in [7, 11) is 0. The minimum atomic E-state index is -0.609. The van der Waals surface area contributed by atoms with Crippen molar-refractivity contribution in [1.82, 2.24) is 10.2 Å². The Bertz CT molecular complexity index is 496. The Kier molecular flexibility index (Phi) is 7.49. The van der Waals surface area contributed by atoms with Gasteiger partial charge in [0.25, 0.3) is 0 Å². The lowest BCUT2D eigenvalue weighted by molar-refractivity contribution is -0.137. The van der Waals surface area contributed by atoms with Crippen LogP contribution in [0.25, 0.3) is 0 Å². The number of piperidine rings is 1. The van der Waals surface area contributed by atoms with Gasteiger partial charge < -0.3 is 10.2 Å². The molecule has 130 valence electrons. The fourth-order valence-corrected chi connectivity index (χ4v) is 3.07. The van der Waals surface area contributed by atoms with Crippen molar-refractivity contribution in [2.75, 3.05) is 26.2 Å². The van der Waals surface area contributed by atoms with Crippen molar-refractivity contribution >= 4 is 18.3 Å². The van der Waals surface area contributed by atoms with E-state index >= 15 is 0 Å². The molecule has 0 atom stereocenters. The van der Waals surface area contributed by atoms with Crippen molar-refractivity contribution in [3.63, 3.8) is 0 Å². The molecule has 0 aliphatic carbocycles. The zero-order chi connectivity index (χ0) is 16.2. The van der Waals surface area contributed by atoms with E-state index in [9.17, 15) is 9.18 Å². The lowest BCUT2D eigenvalue weighted by Gasteiger charge is -2.37. The Hall–Kier alpha value is -1.13. The molecule has 1 aliphatic rings. The zero-order valence-corrected chi connectivity index (χ0v) is 15.1. The summed E-state index contributed by atoms with van der Waals surface area (Å²) in [4.78, 5) is 14.8. The zero-order valence-electron chi connectivity index (χ0n) is 14.3. The standard InChI is InChI=1S/C18H27FN2O.ClH/c1-4-20-13-14-9-11-21(12-10-14)17(22)18(2,3)15-5-7-16(19)8-6-15;/h5-8,14,20H,4,9-13H2,1-3H3;1H. The van der Waals surface area contributed by atoms with Crippen LogP contribution >= 0.6 is 12.4 Å².